The fourth-order valence-corrected chi connectivity index (χ4v) is 3.20. The molecule has 0 spiro atoms. The van der Waals surface area contributed by atoms with Gasteiger partial charge in [-0.25, -0.2) is 4.79 Å². The van der Waals surface area contributed by atoms with E-state index in [4.69, 9.17) is 5.11 Å². The highest BCUT2D eigenvalue weighted by atomic mass is 16.3. The van der Waals surface area contributed by atoms with Crippen LogP contribution in [0.15, 0.2) is 48.5 Å². The molecular formula is C20H25N3O2. The Morgan fingerprint density at radius 3 is 2.80 bits per heavy atom. The first-order valence-electron chi connectivity index (χ1n) is 8.76. The lowest BCUT2D eigenvalue weighted by atomic mass is 10.1. The highest BCUT2D eigenvalue weighted by Crippen LogP contribution is 2.30. The first-order valence-corrected chi connectivity index (χ1v) is 8.76. The van der Waals surface area contributed by atoms with Gasteiger partial charge in [-0.15, -0.1) is 0 Å². The molecule has 0 saturated carbocycles. The second kappa shape index (κ2) is 8.03. The van der Waals surface area contributed by atoms with Crippen LogP contribution in [-0.4, -0.2) is 30.3 Å². The Morgan fingerprint density at radius 1 is 1.20 bits per heavy atom. The normalized spacial score (nSPS) is 14.1. The van der Waals surface area contributed by atoms with Crippen molar-refractivity contribution in [1.29, 1.82) is 0 Å². The summed E-state index contributed by atoms with van der Waals surface area (Å²) in [6, 6.07) is 16.1. The number of nitrogens with one attached hydrogen (secondary N) is 2. The highest BCUT2D eigenvalue weighted by Gasteiger charge is 2.19. The largest absolute Gasteiger partial charge is 0.396 e. The molecule has 0 saturated heterocycles. The van der Waals surface area contributed by atoms with Gasteiger partial charge in [0.05, 0.1) is 0 Å². The number of fused-ring (bicyclic) bond motifs is 1. The van der Waals surface area contributed by atoms with Gasteiger partial charge in [0.1, 0.15) is 0 Å². The van der Waals surface area contributed by atoms with Crippen LogP contribution in [0.25, 0.3) is 0 Å². The van der Waals surface area contributed by atoms with Gasteiger partial charge < -0.3 is 20.6 Å². The summed E-state index contributed by atoms with van der Waals surface area (Å²) in [5, 5.41) is 14.7. The zero-order valence-corrected chi connectivity index (χ0v) is 14.5. The summed E-state index contributed by atoms with van der Waals surface area (Å²) >= 11 is 0. The minimum Gasteiger partial charge on any atom is -0.396 e. The van der Waals surface area contributed by atoms with Gasteiger partial charge in [-0.05, 0) is 43.0 Å². The van der Waals surface area contributed by atoms with Crippen LogP contribution in [0.4, 0.5) is 16.2 Å². The summed E-state index contributed by atoms with van der Waals surface area (Å²) in [5.74, 6) is 0. The number of aliphatic hydroxyl groups is 1. The molecule has 2 aromatic carbocycles. The van der Waals surface area contributed by atoms with Gasteiger partial charge in [-0.3, -0.25) is 0 Å². The van der Waals surface area contributed by atoms with E-state index in [9.17, 15) is 4.79 Å². The maximum atomic E-state index is 12.2. The molecule has 0 aromatic heterocycles. The van der Waals surface area contributed by atoms with E-state index in [-0.39, 0.29) is 18.7 Å². The third-order valence-electron chi connectivity index (χ3n) is 4.55. The number of para-hydroxylation sites is 2. The summed E-state index contributed by atoms with van der Waals surface area (Å²) in [5.41, 5.74) is 4.56. The lowest BCUT2D eigenvalue weighted by Gasteiger charge is -2.22. The lowest BCUT2D eigenvalue weighted by Crippen LogP contribution is -2.37. The van der Waals surface area contributed by atoms with Gasteiger partial charge >= 0.3 is 6.03 Å². The third kappa shape index (κ3) is 4.31. The first-order chi connectivity index (χ1) is 12.2. The molecular weight excluding hydrogens is 314 g/mol. The minimum atomic E-state index is -0.241. The van der Waals surface area contributed by atoms with E-state index in [2.05, 4.69) is 39.8 Å². The van der Waals surface area contributed by atoms with Crippen LogP contribution in [0.5, 0.6) is 0 Å². The molecule has 2 amide bonds. The van der Waals surface area contributed by atoms with Crippen molar-refractivity contribution in [2.45, 2.75) is 32.4 Å². The van der Waals surface area contributed by atoms with Crippen LogP contribution in [-0.2, 0) is 13.0 Å². The van der Waals surface area contributed by atoms with Crippen molar-refractivity contribution in [3.8, 4) is 0 Å². The zero-order valence-electron chi connectivity index (χ0n) is 14.5. The summed E-state index contributed by atoms with van der Waals surface area (Å²) in [7, 11) is 0. The molecule has 0 aliphatic carbocycles. The molecule has 25 heavy (non-hydrogen) atoms. The van der Waals surface area contributed by atoms with Crippen molar-refractivity contribution >= 4 is 17.4 Å². The van der Waals surface area contributed by atoms with E-state index in [1.54, 1.807) is 0 Å². The number of nitrogens with zero attached hydrogens (tertiary/aromatic N) is 1. The van der Waals surface area contributed by atoms with Gasteiger partial charge in [-0.1, -0.05) is 36.4 Å². The van der Waals surface area contributed by atoms with E-state index >= 15 is 0 Å². The van der Waals surface area contributed by atoms with Gasteiger partial charge in [0.15, 0.2) is 0 Å². The summed E-state index contributed by atoms with van der Waals surface area (Å²) < 4.78 is 0. The van der Waals surface area contributed by atoms with Gasteiger partial charge in [0.2, 0.25) is 0 Å². The number of carbonyl (C=O) groups is 1. The summed E-state index contributed by atoms with van der Waals surface area (Å²) in [4.78, 5) is 14.5. The quantitative estimate of drug-likeness (QED) is 0.757. The summed E-state index contributed by atoms with van der Waals surface area (Å²) in [6.45, 7) is 3.70. The number of rotatable bonds is 6. The second-order valence-electron chi connectivity index (χ2n) is 6.47. The van der Waals surface area contributed by atoms with Crippen LogP contribution in [0.1, 0.15) is 24.5 Å². The van der Waals surface area contributed by atoms with Crippen molar-refractivity contribution < 1.29 is 9.90 Å². The van der Waals surface area contributed by atoms with Crippen LogP contribution in [0, 0.1) is 0 Å². The second-order valence-corrected chi connectivity index (χ2v) is 6.47. The van der Waals surface area contributed by atoms with E-state index in [1.807, 2.05) is 31.2 Å². The average molecular weight is 339 g/mol. The van der Waals surface area contributed by atoms with Crippen molar-refractivity contribution in [2.24, 2.45) is 0 Å². The Morgan fingerprint density at radius 2 is 1.96 bits per heavy atom. The lowest BCUT2D eigenvalue weighted by molar-refractivity contribution is 0.241. The number of carbonyl (C=O) groups excluding carboxylic acids is 1. The van der Waals surface area contributed by atoms with E-state index in [1.165, 1.54) is 11.3 Å². The first kappa shape index (κ1) is 17.3. The molecule has 1 atom stereocenters. The SMILES string of the molecule is CC(CCO)NC(=O)Nc1ccccc1CN1CCc2ccccc21. The Labute approximate surface area is 148 Å². The van der Waals surface area contributed by atoms with Gasteiger partial charge in [0.25, 0.3) is 0 Å². The molecule has 5 heteroatoms. The monoisotopic (exact) mass is 339 g/mol. The van der Waals surface area contributed by atoms with Crippen LogP contribution < -0.4 is 15.5 Å². The number of benzene rings is 2. The van der Waals surface area contributed by atoms with Crippen LogP contribution in [0.3, 0.4) is 0 Å². The third-order valence-corrected chi connectivity index (χ3v) is 4.55. The van der Waals surface area contributed by atoms with Crippen molar-refractivity contribution in [1.82, 2.24) is 5.32 Å². The molecule has 5 nitrogen and oxygen atoms in total. The van der Waals surface area contributed by atoms with E-state index in [0.717, 1.165) is 30.8 Å². The zero-order chi connectivity index (χ0) is 17.6. The number of urea groups is 1. The van der Waals surface area contributed by atoms with Crippen molar-refractivity contribution in [3.05, 3.63) is 59.7 Å². The van der Waals surface area contributed by atoms with E-state index < -0.39 is 0 Å². The molecule has 1 aliphatic heterocycles. The highest BCUT2D eigenvalue weighted by molar-refractivity contribution is 5.90. The average Bonchev–Trinajstić information content (AvgIpc) is 3.00. The smallest absolute Gasteiger partial charge is 0.319 e. The maximum absolute atomic E-state index is 12.2. The number of hydrogen-bond acceptors (Lipinski definition) is 3. The molecule has 3 N–H and O–H groups in total. The van der Waals surface area contributed by atoms with Crippen LogP contribution >= 0.6 is 0 Å². The maximum Gasteiger partial charge on any atom is 0.319 e. The molecule has 1 aliphatic rings. The fraction of sp³-hybridized carbons (Fsp3) is 0.350. The Hall–Kier alpha value is -2.53. The number of hydrogen-bond donors (Lipinski definition) is 3. The molecule has 0 fully saturated rings. The predicted octanol–water partition coefficient (Wildman–Crippen LogP) is 3.14. The molecule has 1 unspecified atom stereocenters. The van der Waals surface area contributed by atoms with Crippen molar-refractivity contribution in [2.75, 3.05) is 23.4 Å². The van der Waals surface area contributed by atoms with Gasteiger partial charge in [-0.2, -0.15) is 0 Å². The molecule has 0 bridgehead atoms. The Balaban J connectivity index is 1.68. The number of amides is 2. The Bertz CT molecular complexity index is 732. The molecule has 0 radical (unpaired) electrons. The van der Waals surface area contributed by atoms with Gasteiger partial charge in [0, 0.05) is 37.1 Å². The van der Waals surface area contributed by atoms with Crippen LogP contribution in [0.2, 0.25) is 0 Å². The minimum absolute atomic E-state index is 0.0619. The molecule has 3 rings (SSSR count). The van der Waals surface area contributed by atoms with E-state index in [0.29, 0.717) is 6.42 Å². The topological polar surface area (TPSA) is 64.6 Å². The Kier molecular flexibility index (Phi) is 5.56. The predicted molar refractivity (Wildman–Crippen MR) is 101 cm³/mol. The summed E-state index contributed by atoms with van der Waals surface area (Å²) in [6.07, 6.45) is 1.60. The molecule has 132 valence electrons. The fourth-order valence-electron chi connectivity index (χ4n) is 3.20. The number of aliphatic hydroxyl groups excluding tert-OH is 1. The standard InChI is InChI=1S/C20H25N3O2/c1-15(11-13-24)21-20(25)22-18-8-4-2-7-17(18)14-23-12-10-16-6-3-5-9-19(16)23/h2-9,15,24H,10-14H2,1H3,(H2,21,22,25). The number of anilines is 2. The molecule has 1 heterocycles. The molecule has 2 aromatic rings. The van der Waals surface area contributed by atoms with Crippen molar-refractivity contribution in [3.63, 3.8) is 0 Å².